The lowest BCUT2D eigenvalue weighted by molar-refractivity contribution is -0.940. The summed E-state index contributed by atoms with van der Waals surface area (Å²) in [7, 11) is -2.86. The monoisotopic (exact) mass is 416 g/mol. The van der Waals surface area contributed by atoms with E-state index in [1.807, 2.05) is 17.4 Å². The van der Waals surface area contributed by atoms with Crippen LogP contribution >= 0.6 is 11.3 Å². The van der Waals surface area contributed by atoms with Crippen molar-refractivity contribution in [3.63, 3.8) is 0 Å². The number of quaternary nitrogens is 1. The van der Waals surface area contributed by atoms with Gasteiger partial charge in [0.1, 0.15) is 11.9 Å². The fourth-order valence-electron chi connectivity index (χ4n) is 4.89. The summed E-state index contributed by atoms with van der Waals surface area (Å²) < 4.78 is 26.2. The van der Waals surface area contributed by atoms with Crippen LogP contribution in [0.4, 0.5) is 0 Å². The molecule has 0 aliphatic carbocycles. The third-order valence-electron chi connectivity index (χ3n) is 6.26. The van der Waals surface area contributed by atoms with Crippen LogP contribution < -0.4 is 4.90 Å². The lowest BCUT2D eigenvalue weighted by Crippen LogP contribution is -3.09. The minimum Gasteiger partial charge on any atom is -0.311 e. The Bertz CT molecular complexity index is 1070. The van der Waals surface area contributed by atoms with Crippen LogP contribution in [0, 0.1) is 5.92 Å². The second-order valence-corrected chi connectivity index (χ2v) is 11.4. The summed E-state index contributed by atoms with van der Waals surface area (Å²) >= 11 is 1.86. The number of hydrogen-bond acceptors (Lipinski definition) is 4. The van der Waals surface area contributed by atoms with Gasteiger partial charge in [0.15, 0.2) is 16.5 Å². The molecule has 0 amide bonds. The predicted molar refractivity (Wildman–Crippen MR) is 112 cm³/mol. The lowest BCUT2D eigenvalue weighted by Gasteiger charge is -2.23. The first kappa shape index (κ1) is 18.3. The van der Waals surface area contributed by atoms with E-state index in [9.17, 15) is 8.42 Å². The summed E-state index contributed by atoms with van der Waals surface area (Å²) in [4.78, 5) is 7.97. The highest BCUT2D eigenvalue weighted by atomic mass is 32.2. The van der Waals surface area contributed by atoms with Crippen molar-refractivity contribution in [2.24, 2.45) is 5.92 Å². The molecule has 7 heteroatoms. The van der Waals surface area contributed by atoms with Gasteiger partial charge >= 0.3 is 0 Å². The number of sulfone groups is 1. The van der Waals surface area contributed by atoms with Gasteiger partial charge in [-0.05, 0) is 35.9 Å². The number of fused-ring (bicyclic) bond motifs is 1. The van der Waals surface area contributed by atoms with Gasteiger partial charge in [-0.1, -0.05) is 18.2 Å². The Labute approximate surface area is 169 Å². The Hall–Kier alpha value is -1.70. The molecule has 4 heterocycles. The number of para-hydroxylation sites is 2. The van der Waals surface area contributed by atoms with E-state index in [-0.39, 0.29) is 5.92 Å². The third kappa shape index (κ3) is 3.51. The van der Waals surface area contributed by atoms with Crippen molar-refractivity contribution in [1.82, 2.24) is 9.55 Å². The van der Waals surface area contributed by atoms with Crippen LogP contribution in [0.5, 0.6) is 0 Å². The molecular weight excluding hydrogens is 390 g/mol. The van der Waals surface area contributed by atoms with Gasteiger partial charge in [-0.25, -0.2) is 13.4 Å². The number of nitrogens with one attached hydrogen (secondary N) is 1. The molecule has 2 aliphatic heterocycles. The van der Waals surface area contributed by atoms with Crippen LogP contribution in [0.3, 0.4) is 0 Å². The van der Waals surface area contributed by atoms with Crippen LogP contribution in [0.15, 0.2) is 41.8 Å². The fraction of sp³-hybridized carbons (Fsp3) is 0.476. The average Bonchev–Trinajstić information content (AvgIpc) is 3.44. The second-order valence-electron chi connectivity index (χ2n) is 8.19. The standard InChI is InChI=1S/C21H25N3O2S2/c25-28(26)12-9-16(14-28)13-21-22-17-5-1-2-6-18(17)24(21)15-23-10-3-7-19(23)20-8-4-11-27-20/h1-2,4-6,8,11,16,19H,3,7,9-10,12-15H2/p+1/t16-,19-/m0/s1. The molecule has 0 bridgehead atoms. The van der Waals surface area contributed by atoms with Crippen LogP contribution in [-0.4, -0.2) is 36.0 Å². The summed E-state index contributed by atoms with van der Waals surface area (Å²) in [6, 6.07) is 13.3. The van der Waals surface area contributed by atoms with E-state index in [0.29, 0.717) is 17.5 Å². The number of nitrogens with zero attached hydrogens (tertiary/aromatic N) is 2. The molecule has 2 saturated heterocycles. The molecule has 2 aromatic heterocycles. The van der Waals surface area contributed by atoms with Crippen molar-refractivity contribution < 1.29 is 13.3 Å². The molecule has 5 rings (SSSR count). The molecule has 1 aromatic carbocycles. The Morgan fingerprint density at radius 2 is 2.07 bits per heavy atom. The molecule has 5 nitrogen and oxygen atoms in total. The number of benzene rings is 1. The molecular formula is C21H26N3O2S2+. The van der Waals surface area contributed by atoms with Gasteiger partial charge in [0.2, 0.25) is 0 Å². The van der Waals surface area contributed by atoms with Gasteiger partial charge in [0, 0.05) is 19.3 Å². The van der Waals surface area contributed by atoms with Crippen molar-refractivity contribution in [1.29, 1.82) is 0 Å². The molecule has 2 aliphatic rings. The minimum atomic E-state index is -2.86. The van der Waals surface area contributed by atoms with Gasteiger partial charge < -0.3 is 4.90 Å². The Morgan fingerprint density at radius 1 is 1.18 bits per heavy atom. The number of hydrogen-bond donors (Lipinski definition) is 1. The summed E-state index contributed by atoms with van der Waals surface area (Å²) in [6.07, 6.45) is 4.00. The Balaban J connectivity index is 1.46. The van der Waals surface area contributed by atoms with Gasteiger partial charge in [-0.2, -0.15) is 0 Å². The Kier molecular flexibility index (Phi) is 4.77. The molecule has 3 aromatic rings. The van der Waals surface area contributed by atoms with Crippen molar-refractivity contribution in [3.05, 3.63) is 52.5 Å². The van der Waals surface area contributed by atoms with Gasteiger partial charge in [-0.15, -0.1) is 11.3 Å². The summed E-state index contributed by atoms with van der Waals surface area (Å²) in [5, 5.41) is 2.17. The van der Waals surface area contributed by atoms with Gasteiger partial charge in [0.25, 0.3) is 0 Å². The van der Waals surface area contributed by atoms with Crippen LogP contribution in [0.25, 0.3) is 11.0 Å². The van der Waals surface area contributed by atoms with Crippen molar-refractivity contribution in [2.75, 3.05) is 18.1 Å². The van der Waals surface area contributed by atoms with Gasteiger partial charge in [-0.3, -0.25) is 4.57 Å². The molecule has 1 N–H and O–H groups in total. The summed E-state index contributed by atoms with van der Waals surface area (Å²) in [6.45, 7) is 2.07. The van der Waals surface area contributed by atoms with E-state index in [0.717, 1.165) is 30.9 Å². The maximum Gasteiger partial charge on any atom is 0.158 e. The zero-order valence-electron chi connectivity index (χ0n) is 15.9. The van der Waals surface area contributed by atoms with E-state index in [1.54, 1.807) is 4.90 Å². The third-order valence-corrected chi connectivity index (χ3v) is 9.09. The Morgan fingerprint density at radius 3 is 2.86 bits per heavy atom. The fourth-order valence-corrected chi connectivity index (χ4v) is 7.67. The normalized spacial score (nSPS) is 26.9. The zero-order chi connectivity index (χ0) is 19.1. The molecule has 0 spiro atoms. The predicted octanol–water partition coefficient (Wildman–Crippen LogP) is 2.45. The maximum absolute atomic E-state index is 11.9. The highest BCUT2D eigenvalue weighted by Gasteiger charge is 2.33. The van der Waals surface area contributed by atoms with E-state index in [2.05, 4.69) is 40.3 Å². The zero-order valence-corrected chi connectivity index (χ0v) is 17.5. The number of aromatic nitrogens is 2. The van der Waals surface area contributed by atoms with E-state index < -0.39 is 9.84 Å². The quantitative estimate of drug-likeness (QED) is 0.695. The molecule has 2 fully saturated rings. The smallest absolute Gasteiger partial charge is 0.158 e. The molecule has 3 atom stereocenters. The van der Waals surface area contributed by atoms with E-state index in [4.69, 9.17) is 4.98 Å². The van der Waals surface area contributed by atoms with Crippen molar-refractivity contribution in [2.45, 2.75) is 38.4 Å². The first-order valence-corrected chi connectivity index (χ1v) is 12.8. The summed E-state index contributed by atoms with van der Waals surface area (Å²) in [5.41, 5.74) is 2.19. The molecule has 0 saturated carbocycles. The first-order chi connectivity index (χ1) is 13.6. The lowest BCUT2D eigenvalue weighted by atomic mass is 10.1. The average molecular weight is 417 g/mol. The van der Waals surface area contributed by atoms with Crippen molar-refractivity contribution >= 4 is 32.2 Å². The van der Waals surface area contributed by atoms with Crippen LogP contribution in [0.2, 0.25) is 0 Å². The first-order valence-electron chi connectivity index (χ1n) is 10.1. The largest absolute Gasteiger partial charge is 0.311 e. The minimum absolute atomic E-state index is 0.197. The topological polar surface area (TPSA) is 56.4 Å². The number of rotatable bonds is 5. The molecule has 1 unspecified atom stereocenters. The second kappa shape index (κ2) is 7.28. The number of likely N-dealkylation sites (tertiary alicyclic amines) is 1. The molecule has 0 radical (unpaired) electrons. The van der Waals surface area contributed by atoms with Gasteiger partial charge in [0.05, 0.1) is 34.0 Å². The van der Waals surface area contributed by atoms with Crippen LogP contribution in [0.1, 0.15) is 36.0 Å². The summed E-state index contributed by atoms with van der Waals surface area (Å²) in [5.74, 6) is 1.88. The molecule has 148 valence electrons. The highest BCUT2D eigenvalue weighted by Crippen LogP contribution is 2.26. The van der Waals surface area contributed by atoms with E-state index >= 15 is 0 Å². The maximum atomic E-state index is 11.9. The molecule has 28 heavy (non-hydrogen) atoms. The van der Waals surface area contributed by atoms with Crippen molar-refractivity contribution in [3.8, 4) is 0 Å². The number of imidazole rings is 1. The highest BCUT2D eigenvalue weighted by molar-refractivity contribution is 7.91. The number of thiophene rings is 1. The van der Waals surface area contributed by atoms with Crippen LogP contribution in [-0.2, 0) is 22.9 Å². The SMILES string of the molecule is O=S1(=O)CC[C@@H](Cc2nc3ccccc3n2C[NH+]2CCC[C@H]2c2cccs2)C1. The van der Waals surface area contributed by atoms with E-state index in [1.165, 1.54) is 29.8 Å².